The number of morpholine rings is 1. The third kappa shape index (κ3) is 3.11. The van der Waals surface area contributed by atoms with E-state index in [4.69, 9.17) is 10.5 Å². The lowest BCUT2D eigenvalue weighted by molar-refractivity contribution is -0.140. The Hall–Kier alpha value is -1.46. The van der Waals surface area contributed by atoms with Crippen LogP contribution >= 0.6 is 0 Å². The number of aryl methyl sites for hydroxylation is 1. The van der Waals surface area contributed by atoms with E-state index >= 15 is 0 Å². The van der Waals surface area contributed by atoms with Crippen LogP contribution in [0.2, 0.25) is 0 Å². The molecule has 5 heteroatoms. The Morgan fingerprint density at radius 2 is 2.32 bits per heavy atom. The number of rotatable bonds is 2. The monoisotopic (exact) mass is 266 g/mol. The Balaban J connectivity index is 2.12. The van der Waals surface area contributed by atoms with Crippen LogP contribution in [0.3, 0.4) is 0 Å². The van der Waals surface area contributed by atoms with Gasteiger partial charge in [0.15, 0.2) is 0 Å². The molecule has 0 bridgehead atoms. The van der Waals surface area contributed by atoms with Gasteiger partial charge in [0.2, 0.25) is 5.91 Å². The fourth-order valence-corrected chi connectivity index (χ4v) is 2.21. The van der Waals surface area contributed by atoms with Crippen LogP contribution < -0.4 is 5.73 Å². The van der Waals surface area contributed by atoms with Gasteiger partial charge in [0.1, 0.15) is 11.9 Å². The van der Waals surface area contributed by atoms with Crippen molar-refractivity contribution in [3.8, 4) is 0 Å². The third-order valence-electron chi connectivity index (χ3n) is 3.32. The molecule has 0 radical (unpaired) electrons. The summed E-state index contributed by atoms with van der Waals surface area (Å²) in [4.78, 5) is 13.6. The number of nitrogens with two attached hydrogens (primary N) is 1. The first-order valence-electron chi connectivity index (χ1n) is 6.41. The average Bonchev–Trinajstić information content (AvgIpc) is 2.41. The fraction of sp³-hybridized carbons (Fsp3) is 0.500. The molecule has 4 nitrogen and oxygen atoms in total. The van der Waals surface area contributed by atoms with Crippen LogP contribution in [0.5, 0.6) is 0 Å². The van der Waals surface area contributed by atoms with Gasteiger partial charge < -0.3 is 15.4 Å². The van der Waals surface area contributed by atoms with E-state index < -0.39 is 6.04 Å². The summed E-state index contributed by atoms with van der Waals surface area (Å²) in [6.07, 6.45) is -0.212. The molecule has 2 atom stereocenters. The molecule has 1 amide bonds. The second-order valence-electron chi connectivity index (χ2n) is 4.94. The maximum absolute atomic E-state index is 13.3. The minimum atomic E-state index is -0.506. The average molecular weight is 266 g/mol. The standard InChI is InChI=1S/C14H19FN2O2/c1-9-7-11(3-4-12(9)15)13-8-17(5-6-19-13)14(18)10(2)16/h3-4,7,10,13H,5-6,8,16H2,1-2H3/t10-,13+/m0/s1. The molecule has 1 saturated heterocycles. The molecule has 2 N–H and O–H groups in total. The van der Waals surface area contributed by atoms with Crippen LogP contribution in [-0.4, -0.2) is 36.5 Å². The predicted octanol–water partition coefficient (Wildman–Crippen LogP) is 1.38. The van der Waals surface area contributed by atoms with Crippen LogP contribution in [0.1, 0.15) is 24.2 Å². The highest BCUT2D eigenvalue weighted by Gasteiger charge is 2.27. The van der Waals surface area contributed by atoms with E-state index in [-0.39, 0.29) is 17.8 Å². The first-order chi connectivity index (χ1) is 8.99. The van der Waals surface area contributed by atoms with Crippen molar-refractivity contribution in [2.75, 3.05) is 19.7 Å². The molecule has 1 aliphatic rings. The normalized spacial score (nSPS) is 21.3. The van der Waals surface area contributed by atoms with Gasteiger partial charge in [-0.2, -0.15) is 0 Å². The molecule has 1 aromatic carbocycles. The van der Waals surface area contributed by atoms with Crippen molar-refractivity contribution in [2.45, 2.75) is 26.0 Å². The maximum atomic E-state index is 13.3. The highest BCUT2D eigenvalue weighted by atomic mass is 19.1. The summed E-state index contributed by atoms with van der Waals surface area (Å²) in [5.41, 5.74) is 7.08. The summed E-state index contributed by atoms with van der Waals surface area (Å²) >= 11 is 0. The van der Waals surface area contributed by atoms with E-state index in [1.54, 1.807) is 30.9 Å². The number of nitrogens with zero attached hydrogens (tertiary/aromatic N) is 1. The summed E-state index contributed by atoms with van der Waals surface area (Å²) in [7, 11) is 0. The molecule has 104 valence electrons. The lowest BCUT2D eigenvalue weighted by Gasteiger charge is -2.34. The highest BCUT2D eigenvalue weighted by Crippen LogP contribution is 2.24. The number of hydrogen-bond acceptors (Lipinski definition) is 3. The molecule has 0 aromatic heterocycles. The number of ether oxygens (including phenoxy) is 1. The molecule has 0 spiro atoms. The summed E-state index contributed by atoms with van der Waals surface area (Å²) in [6, 6.07) is 4.39. The molecule has 0 aliphatic carbocycles. The van der Waals surface area contributed by atoms with Crippen LogP contribution in [0.15, 0.2) is 18.2 Å². The molecular formula is C14H19FN2O2. The van der Waals surface area contributed by atoms with Gasteiger partial charge in [-0.15, -0.1) is 0 Å². The van der Waals surface area contributed by atoms with Gasteiger partial charge in [0.25, 0.3) is 0 Å². The number of carbonyl (C=O) groups excluding carboxylic acids is 1. The van der Waals surface area contributed by atoms with E-state index in [0.29, 0.717) is 25.3 Å². The van der Waals surface area contributed by atoms with Crippen molar-refractivity contribution < 1.29 is 13.9 Å². The number of hydrogen-bond donors (Lipinski definition) is 1. The van der Waals surface area contributed by atoms with E-state index in [9.17, 15) is 9.18 Å². The molecule has 0 unspecified atom stereocenters. The van der Waals surface area contributed by atoms with Gasteiger partial charge in [0, 0.05) is 6.54 Å². The topological polar surface area (TPSA) is 55.6 Å². The molecule has 1 heterocycles. The first-order valence-corrected chi connectivity index (χ1v) is 6.41. The third-order valence-corrected chi connectivity index (χ3v) is 3.32. The smallest absolute Gasteiger partial charge is 0.239 e. The van der Waals surface area contributed by atoms with Crippen LogP contribution in [-0.2, 0) is 9.53 Å². The van der Waals surface area contributed by atoms with Crippen molar-refractivity contribution in [2.24, 2.45) is 5.73 Å². The van der Waals surface area contributed by atoms with Crippen molar-refractivity contribution in [1.29, 1.82) is 0 Å². The molecular weight excluding hydrogens is 247 g/mol. The summed E-state index contributed by atoms with van der Waals surface area (Å²) in [5.74, 6) is -0.310. The van der Waals surface area contributed by atoms with Crippen LogP contribution in [0, 0.1) is 12.7 Å². The van der Waals surface area contributed by atoms with Gasteiger partial charge >= 0.3 is 0 Å². The Bertz CT molecular complexity index is 477. The van der Waals surface area contributed by atoms with Crippen molar-refractivity contribution in [3.05, 3.63) is 35.1 Å². The quantitative estimate of drug-likeness (QED) is 0.880. The van der Waals surface area contributed by atoms with Gasteiger partial charge in [-0.1, -0.05) is 12.1 Å². The fourth-order valence-electron chi connectivity index (χ4n) is 2.21. The van der Waals surface area contributed by atoms with Crippen molar-refractivity contribution in [3.63, 3.8) is 0 Å². The second kappa shape index (κ2) is 5.67. The molecule has 1 aromatic rings. The highest BCUT2D eigenvalue weighted by molar-refractivity contribution is 5.81. The lowest BCUT2D eigenvalue weighted by Crippen LogP contribution is -2.48. The lowest BCUT2D eigenvalue weighted by atomic mass is 10.0. The minimum Gasteiger partial charge on any atom is -0.370 e. The van der Waals surface area contributed by atoms with E-state index in [1.807, 2.05) is 0 Å². The number of benzene rings is 1. The Morgan fingerprint density at radius 3 is 2.95 bits per heavy atom. The molecule has 1 fully saturated rings. The minimum absolute atomic E-state index is 0.0767. The van der Waals surface area contributed by atoms with Gasteiger partial charge in [-0.3, -0.25) is 4.79 Å². The maximum Gasteiger partial charge on any atom is 0.239 e. The number of amides is 1. The van der Waals surface area contributed by atoms with E-state index in [1.165, 1.54) is 6.07 Å². The summed E-state index contributed by atoms with van der Waals surface area (Å²) < 4.78 is 18.9. The second-order valence-corrected chi connectivity index (χ2v) is 4.94. The van der Waals surface area contributed by atoms with E-state index in [2.05, 4.69) is 0 Å². The van der Waals surface area contributed by atoms with Crippen LogP contribution in [0.25, 0.3) is 0 Å². The van der Waals surface area contributed by atoms with E-state index in [0.717, 1.165) is 5.56 Å². The van der Waals surface area contributed by atoms with Crippen molar-refractivity contribution in [1.82, 2.24) is 4.90 Å². The molecule has 1 aliphatic heterocycles. The zero-order valence-corrected chi connectivity index (χ0v) is 11.2. The molecule has 2 rings (SSSR count). The Morgan fingerprint density at radius 1 is 1.58 bits per heavy atom. The molecule has 19 heavy (non-hydrogen) atoms. The van der Waals surface area contributed by atoms with Crippen LogP contribution in [0.4, 0.5) is 4.39 Å². The SMILES string of the molecule is Cc1cc([C@H]2CN(C(=O)[C@H](C)N)CCO2)ccc1F. The molecule has 0 saturated carbocycles. The Labute approximate surface area is 112 Å². The predicted molar refractivity (Wildman–Crippen MR) is 70.1 cm³/mol. The summed E-state index contributed by atoms with van der Waals surface area (Å²) in [5, 5.41) is 0. The summed E-state index contributed by atoms with van der Waals surface area (Å²) in [6.45, 7) is 4.88. The van der Waals surface area contributed by atoms with Gasteiger partial charge in [0.05, 0.1) is 19.2 Å². The number of halogens is 1. The first kappa shape index (κ1) is 14.0. The largest absolute Gasteiger partial charge is 0.370 e. The number of carbonyl (C=O) groups is 1. The van der Waals surface area contributed by atoms with Gasteiger partial charge in [-0.05, 0) is 31.0 Å². The van der Waals surface area contributed by atoms with Crippen molar-refractivity contribution >= 4 is 5.91 Å². The zero-order valence-electron chi connectivity index (χ0n) is 11.2. The van der Waals surface area contributed by atoms with Gasteiger partial charge in [-0.25, -0.2) is 4.39 Å². The Kier molecular flexibility index (Phi) is 4.17. The zero-order chi connectivity index (χ0) is 14.0.